The molecule has 0 aliphatic rings. The van der Waals surface area contributed by atoms with Crippen LogP contribution in [-0.4, -0.2) is 6.61 Å². The van der Waals surface area contributed by atoms with Crippen LogP contribution >= 0.6 is 7.81 Å². The molecule has 0 unspecified atom stereocenters. The van der Waals surface area contributed by atoms with Gasteiger partial charge in [0.2, 0.25) is 11.1 Å². The number of rotatable bonds is 9. The van der Waals surface area contributed by atoms with Crippen LogP contribution in [0.4, 0.5) is 30.9 Å². The summed E-state index contributed by atoms with van der Waals surface area (Å²) in [4.78, 5) is 3.26. The molecule has 11 heteroatoms. The average molecular weight is 456 g/mol. The fraction of sp³-hybridized carbons (Fsp3) is 0.368. The van der Waals surface area contributed by atoms with Crippen molar-refractivity contribution in [1.82, 2.24) is 0 Å². The predicted octanol–water partition coefficient (Wildman–Crippen LogP) is 9.09. The minimum atomic E-state index is -10.7. The van der Waals surface area contributed by atoms with Crippen molar-refractivity contribution in [3.63, 3.8) is 0 Å². The van der Waals surface area contributed by atoms with E-state index in [1.165, 1.54) is 19.3 Å². The van der Waals surface area contributed by atoms with Crippen LogP contribution in [-0.2, 0) is 6.61 Å². The van der Waals surface area contributed by atoms with Crippen LogP contribution in [0.25, 0.3) is 4.98 Å². The summed E-state index contributed by atoms with van der Waals surface area (Å²) in [5.41, 5.74) is 1.46. The third kappa shape index (κ3) is 14.5. The summed E-state index contributed by atoms with van der Waals surface area (Å²) in [6.45, 7) is 3.30. The zero-order chi connectivity index (χ0) is 22.7. The van der Waals surface area contributed by atoms with E-state index in [1.807, 2.05) is 30.3 Å². The summed E-state index contributed by atoms with van der Waals surface area (Å²) in [6, 6.07) is 15.1. The van der Waals surface area contributed by atoms with Gasteiger partial charge in [-0.05, 0) is 18.1 Å². The van der Waals surface area contributed by atoms with Crippen molar-refractivity contribution in [2.45, 2.75) is 39.2 Å². The van der Waals surface area contributed by atoms with E-state index < -0.39 is 7.81 Å². The Hall–Kier alpha value is -2.53. The van der Waals surface area contributed by atoms with Crippen molar-refractivity contribution in [3.05, 3.63) is 59.1 Å². The zero-order valence-corrected chi connectivity index (χ0v) is 17.2. The van der Waals surface area contributed by atoms with Gasteiger partial charge in [0.15, 0.2) is 4.98 Å². The van der Waals surface area contributed by atoms with Crippen molar-refractivity contribution >= 4 is 13.5 Å². The Morgan fingerprint density at radius 2 is 1.50 bits per heavy atom. The number of hydrogen-bond donors (Lipinski definition) is 0. The Morgan fingerprint density at radius 3 is 2.07 bits per heavy atom. The Bertz CT molecular complexity index is 828. The van der Waals surface area contributed by atoms with Gasteiger partial charge in [0, 0.05) is 12.1 Å². The van der Waals surface area contributed by atoms with Crippen LogP contribution in [0.15, 0.2) is 48.5 Å². The summed E-state index contributed by atoms with van der Waals surface area (Å²) in [6.07, 6.45) is 4.67. The molecule has 2 aromatic rings. The number of hydrogen-bond acceptors (Lipinski definition) is 3. The van der Waals surface area contributed by atoms with Crippen LogP contribution in [0.2, 0.25) is 0 Å². The summed E-state index contributed by atoms with van der Waals surface area (Å²) >= 11 is 0. The molecule has 0 N–H and O–H groups in total. The Morgan fingerprint density at radius 1 is 0.867 bits per heavy atom. The van der Waals surface area contributed by atoms with E-state index in [1.54, 1.807) is 18.2 Å². The Kier molecular flexibility index (Phi) is 8.49. The number of ether oxygens (including phenoxy) is 2. The third-order valence-electron chi connectivity index (χ3n) is 3.54. The topological polar surface area (TPSA) is 46.6 Å². The van der Waals surface area contributed by atoms with Gasteiger partial charge in [-0.15, -0.1) is 0 Å². The first kappa shape index (κ1) is 25.5. The van der Waals surface area contributed by atoms with Crippen molar-refractivity contribution in [2.24, 2.45) is 0 Å². The first-order chi connectivity index (χ1) is 13.8. The molecule has 0 saturated carbocycles. The number of benzene rings is 2. The van der Waals surface area contributed by atoms with E-state index in [2.05, 4.69) is 11.9 Å². The Balaban J connectivity index is 0.000000553. The molecule has 30 heavy (non-hydrogen) atoms. The standard InChI is InChI=1S/C19H23N2O2.F6P/c1-2-3-4-8-13-22-17-11-12-18(21-20)19(14-17)23-15-16-9-6-5-7-10-16;1-7(2,3,4,5)6/h5-7,9-12,14H,2-4,8,13,15H2,1H3;/q+1;-1. The maximum atomic E-state index is 9.87. The molecule has 2 rings (SSSR count). The van der Waals surface area contributed by atoms with Crippen molar-refractivity contribution < 1.29 is 34.7 Å². The van der Waals surface area contributed by atoms with E-state index >= 15 is 0 Å². The number of halogens is 6. The molecular formula is C19H23F6N2O2P. The van der Waals surface area contributed by atoms with Crippen LogP contribution in [0.3, 0.4) is 0 Å². The zero-order valence-electron chi connectivity index (χ0n) is 16.3. The minimum absolute atomic E-state index is 0.402. The molecule has 0 aliphatic carbocycles. The number of diazo groups is 1. The number of unbranched alkanes of at least 4 members (excludes halogenated alkanes) is 3. The van der Waals surface area contributed by atoms with Gasteiger partial charge in [-0.25, -0.2) is 0 Å². The van der Waals surface area contributed by atoms with E-state index in [9.17, 15) is 25.2 Å². The molecule has 0 amide bonds. The summed E-state index contributed by atoms with van der Waals surface area (Å²) in [5, 5.41) is 9.08. The molecule has 0 bridgehead atoms. The second-order valence-corrected chi connectivity index (χ2v) is 8.29. The van der Waals surface area contributed by atoms with E-state index in [4.69, 9.17) is 14.9 Å². The first-order valence-electron chi connectivity index (χ1n) is 9.13. The van der Waals surface area contributed by atoms with Gasteiger partial charge in [-0.3, -0.25) is 0 Å². The van der Waals surface area contributed by atoms with Gasteiger partial charge < -0.3 is 9.47 Å². The SMILES string of the molecule is CCCCCCOc1ccc([N+]#N)c(OCc2ccccc2)c1.F[P-](F)(F)(F)(F)F. The summed E-state index contributed by atoms with van der Waals surface area (Å²) < 4.78 is 70.7. The molecule has 0 heterocycles. The molecule has 2 aromatic carbocycles. The maximum absolute atomic E-state index is 10.7. The molecule has 168 valence electrons. The molecular weight excluding hydrogens is 433 g/mol. The van der Waals surface area contributed by atoms with Crippen LogP contribution in [0.1, 0.15) is 38.2 Å². The van der Waals surface area contributed by atoms with Crippen molar-refractivity contribution in [2.75, 3.05) is 6.61 Å². The van der Waals surface area contributed by atoms with Crippen molar-refractivity contribution in [3.8, 4) is 11.5 Å². The van der Waals surface area contributed by atoms with Gasteiger partial charge in [0.05, 0.1) is 6.61 Å². The summed E-state index contributed by atoms with van der Waals surface area (Å²) in [5.74, 6) is 1.25. The van der Waals surface area contributed by atoms with Crippen molar-refractivity contribution in [1.29, 1.82) is 5.39 Å². The second kappa shape index (κ2) is 9.98. The molecule has 0 aliphatic heterocycles. The first-order valence-corrected chi connectivity index (χ1v) is 11.2. The Labute approximate surface area is 170 Å². The van der Waals surface area contributed by atoms with Gasteiger partial charge in [0.25, 0.3) is 0 Å². The molecule has 0 radical (unpaired) electrons. The van der Waals surface area contributed by atoms with E-state index in [0.717, 1.165) is 17.7 Å². The second-order valence-electron chi connectivity index (χ2n) is 6.37. The molecule has 0 fully saturated rings. The average Bonchev–Trinajstić information content (AvgIpc) is 2.64. The van der Waals surface area contributed by atoms with Gasteiger partial charge in [-0.1, -0.05) is 56.5 Å². The molecule has 4 nitrogen and oxygen atoms in total. The summed E-state index contributed by atoms with van der Waals surface area (Å²) in [7, 11) is -10.7. The van der Waals surface area contributed by atoms with Crippen LogP contribution in [0.5, 0.6) is 11.5 Å². The van der Waals surface area contributed by atoms with Gasteiger partial charge in [-0.2, -0.15) is 0 Å². The molecule has 0 atom stereocenters. The van der Waals surface area contributed by atoms with Crippen LogP contribution < -0.4 is 9.47 Å². The third-order valence-corrected chi connectivity index (χ3v) is 3.54. The molecule has 0 spiro atoms. The molecule has 0 aromatic heterocycles. The normalized spacial score (nSPS) is 13.1. The van der Waals surface area contributed by atoms with E-state index in [-0.39, 0.29) is 0 Å². The quantitative estimate of drug-likeness (QED) is 0.164. The molecule has 0 saturated heterocycles. The number of nitrogens with zero attached hydrogens (tertiary/aromatic N) is 2. The fourth-order valence-corrected chi connectivity index (χ4v) is 2.24. The van der Waals surface area contributed by atoms with Gasteiger partial charge in [0.1, 0.15) is 12.4 Å². The fourth-order valence-electron chi connectivity index (χ4n) is 2.24. The monoisotopic (exact) mass is 456 g/mol. The van der Waals surface area contributed by atoms with E-state index in [0.29, 0.717) is 24.7 Å². The van der Waals surface area contributed by atoms with Crippen LogP contribution in [0, 0.1) is 5.39 Å². The van der Waals surface area contributed by atoms with Gasteiger partial charge >= 0.3 is 38.7 Å². The predicted molar refractivity (Wildman–Crippen MR) is 105 cm³/mol.